The molecule has 0 saturated carbocycles. The summed E-state index contributed by atoms with van der Waals surface area (Å²) in [6.45, 7) is 3.66. The van der Waals surface area contributed by atoms with Crippen molar-refractivity contribution in [1.82, 2.24) is 15.5 Å². The number of hydrogen-bond acceptors (Lipinski definition) is 3. The molecule has 0 aromatic carbocycles. The molecule has 4 heteroatoms. The molecule has 2 unspecified atom stereocenters. The summed E-state index contributed by atoms with van der Waals surface area (Å²) in [5, 5.41) is 6.33. The van der Waals surface area contributed by atoms with Crippen LogP contribution in [0.1, 0.15) is 45.4 Å². The Balaban J connectivity index is 1.86. The molecular weight excluding hydrogens is 226 g/mol. The predicted octanol–water partition coefficient (Wildman–Crippen LogP) is 1.12. The van der Waals surface area contributed by atoms with E-state index in [1.165, 1.54) is 32.1 Å². The van der Waals surface area contributed by atoms with Gasteiger partial charge in [0.15, 0.2) is 0 Å². The summed E-state index contributed by atoms with van der Waals surface area (Å²) >= 11 is 0. The third-order valence-electron chi connectivity index (χ3n) is 4.51. The van der Waals surface area contributed by atoms with E-state index in [1.54, 1.807) is 0 Å². The van der Waals surface area contributed by atoms with E-state index in [1.807, 2.05) is 6.92 Å². The van der Waals surface area contributed by atoms with Crippen molar-refractivity contribution in [3.63, 3.8) is 0 Å². The average molecular weight is 253 g/mol. The molecule has 4 nitrogen and oxygen atoms in total. The number of nitrogens with one attached hydrogen (secondary N) is 2. The van der Waals surface area contributed by atoms with Crippen molar-refractivity contribution in [1.29, 1.82) is 0 Å². The van der Waals surface area contributed by atoms with Gasteiger partial charge in [0.2, 0.25) is 5.91 Å². The zero-order valence-electron chi connectivity index (χ0n) is 11.7. The van der Waals surface area contributed by atoms with Crippen molar-refractivity contribution >= 4 is 5.91 Å². The second-order valence-corrected chi connectivity index (χ2v) is 5.64. The fraction of sp³-hybridized carbons (Fsp3) is 0.929. The quantitative estimate of drug-likeness (QED) is 0.771. The van der Waals surface area contributed by atoms with Crippen molar-refractivity contribution < 1.29 is 4.79 Å². The number of piperidine rings is 2. The molecule has 104 valence electrons. The molecule has 2 N–H and O–H groups in total. The Labute approximate surface area is 110 Å². The third kappa shape index (κ3) is 3.23. The second-order valence-electron chi connectivity index (χ2n) is 5.64. The van der Waals surface area contributed by atoms with E-state index in [-0.39, 0.29) is 5.91 Å². The van der Waals surface area contributed by atoms with Gasteiger partial charge in [-0.3, -0.25) is 9.69 Å². The minimum atomic E-state index is 0.200. The molecule has 2 saturated heterocycles. The zero-order chi connectivity index (χ0) is 13.0. The summed E-state index contributed by atoms with van der Waals surface area (Å²) in [4.78, 5) is 14.2. The molecule has 2 fully saturated rings. The van der Waals surface area contributed by atoms with Crippen molar-refractivity contribution in [2.24, 2.45) is 0 Å². The number of fused-ring (bicyclic) bond motifs is 2. The highest BCUT2D eigenvalue weighted by Gasteiger charge is 2.37. The standard InChI is InChI=1S/C14H27N3O/c1-3-16-14(18)7-8-17-12-5-4-6-13(17)10-11(9-12)15-2/h11-13,15H,3-10H2,1-2H3,(H,16,18). The summed E-state index contributed by atoms with van der Waals surface area (Å²) in [7, 11) is 2.07. The highest BCUT2D eigenvalue weighted by atomic mass is 16.1. The molecule has 0 aromatic heterocycles. The van der Waals surface area contributed by atoms with Gasteiger partial charge in [0.25, 0.3) is 0 Å². The van der Waals surface area contributed by atoms with Gasteiger partial charge in [0, 0.05) is 37.6 Å². The molecule has 0 aliphatic carbocycles. The lowest BCUT2D eigenvalue weighted by Gasteiger charge is -2.49. The lowest BCUT2D eigenvalue weighted by Crippen LogP contribution is -2.56. The van der Waals surface area contributed by atoms with Crippen LogP contribution in [0.4, 0.5) is 0 Å². The van der Waals surface area contributed by atoms with E-state index in [0.29, 0.717) is 24.5 Å². The molecule has 0 aromatic rings. The third-order valence-corrected chi connectivity index (χ3v) is 4.51. The van der Waals surface area contributed by atoms with E-state index in [0.717, 1.165) is 13.1 Å². The first-order valence-corrected chi connectivity index (χ1v) is 7.44. The maximum Gasteiger partial charge on any atom is 0.221 e. The summed E-state index contributed by atoms with van der Waals surface area (Å²) in [6, 6.07) is 2.08. The Morgan fingerprint density at radius 3 is 2.50 bits per heavy atom. The van der Waals surface area contributed by atoms with E-state index >= 15 is 0 Å². The molecule has 2 bridgehead atoms. The highest BCUT2D eigenvalue weighted by Crippen LogP contribution is 2.33. The Hall–Kier alpha value is -0.610. The Kier molecular flexibility index (Phi) is 5.01. The number of rotatable bonds is 5. The largest absolute Gasteiger partial charge is 0.356 e. The predicted molar refractivity (Wildman–Crippen MR) is 73.5 cm³/mol. The van der Waals surface area contributed by atoms with Crippen LogP contribution in [0, 0.1) is 0 Å². The van der Waals surface area contributed by atoms with Crippen LogP contribution in [-0.2, 0) is 4.79 Å². The second kappa shape index (κ2) is 6.53. The Morgan fingerprint density at radius 2 is 1.94 bits per heavy atom. The first-order chi connectivity index (χ1) is 8.74. The van der Waals surface area contributed by atoms with E-state index < -0.39 is 0 Å². The Bertz CT molecular complexity index is 268. The number of carbonyl (C=O) groups is 1. The Morgan fingerprint density at radius 1 is 1.28 bits per heavy atom. The monoisotopic (exact) mass is 253 g/mol. The first kappa shape index (κ1) is 13.8. The molecule has 2 atom stereocenters. The number of nitrogens with zero attached hydrogens (tertiary/aromatic N) is 1. The van der Waals surface area contributed by atoms with Crippen LogP contribution in [0.2, 0.25) is 0 Å². The van der Waals surface area contributed by atoms with Gasteiger partial charge in [-0.1, -0.05) is 6.42 Å². The van der Waals surface area contributed by atoms with Crippen LogP contribution in [0.25, 0.3) is 0 Å². The van der Waals surface area contributed by atoms with Crippen LogP contribution in [0.15, 0.2) is 0 Å². The lowest BCUT2D eigenvalue weighted by molar-refractivity contribution is -0.121. The summed E-state index contributed by atoms with van der Waals surface area (Å²) in [5.74, 6) is 0.200. The van der Waals surface area contributed by atoms with Gasteiger partial charge in [-0.15, -0.1) is 0 Å². The normalized spacial score (nSPS) is 32.2. The minimum absolute atomic E-state index is 0.200. The van der Waals surface area contributed by atoms with Crippen molar-refractivity contribution in [2.75, 3.05) is 20.1 Å². The molecule has 0 spiro atoms. The highest BCUT2D eigenvalue weighted by molar-refractivity contribution is 5.75. The summed E-state index contributed by atoms with van der Waals surface area (Å²) in [6.07, 6.45) is 7.15. The minimum Gasteiger partial charge on any atom is -0.356 e. The van der Waals surface area contributed by atoms with Gasteiger partial charge in [-0.05, 0) is 39.7 Å². The van der Waals surface area contributed by atoms with Crippen LogP contribution >= 0.6 is 0 Å². The van der Waals surface area contributed by atoms with E-state index in [9.17, 15) is 4.79 Å². The van der Waals surface area contributed by atoms with Crippen LogP contribution in [-0.4, -0.2) is 49.1 Å². The van der Waals surface area contributed by atoms with E-state index in [4.69, 9.17) is 0 Å². The molecular formula is C14H27N3O. The van der Waals surface area contributed by atoms with Crippen molar-refractivity contribution in [3.05, 3.63) is 0 Å². The number of hydrogen-bond donors (Lipinski definition) is 2. The summed E-state index contributed by atoms with van der Waals surface area (Å²) < 4.78 is 0. The SMILES string of the molecule is CCNC(=O)CCN1C2CCCC1CC(NC)C2. The zero-order valence-corrected chi connectivity index (χ0v) is 11.7. The van der Waals surface area contributed by atoms with E-state index in [2.05, 4.69) is 22.6 Å². The fourth-order valence-corrected chi connectivity index (χ4v) is 3.60. The number of amides is 1. The van der Waals surface area contributed by atoms with Gasteiger partial charge in [0.05, 0.1) is 0 Å². The van der Waals surface area contributed by atoms with Crippen LogP contribution in [0.3, 0.4) is 0 Å². The maximum absolute atomic E-state index is 11.6. The van der Waals surface area contributed by atoms with Gasteiger partial charge in [-0.2, -0.15) is 0 Å². The van der Waals surface area contributed by atoms with Gasteiger partial charge < -0.3 is 10.6 Å². The smallest absolute Gasteiger partial charge is 0.221 e. The summed E-state index contributed by atoms with van der Waals surface area (Å²) in [5.41, 5.74) is 0. The van der Waals surface area contributed by atoms with Crippen molar-refractivity contribution in [2.45, 2.75) is 63.6 Å². The molecule has 2 heterocycles. The molecule has 18 heavy (non-hydrogen) atoms. The number of carbonyl (C=O) groups excluding carboxylic acids is 1. The molecule has 2 rings (SSSR count). The van der Waals surface area contributed by atoms with Crippen LogP contribution < -0.4 is 10.6 Å². The lowest BCUT2D eigenvalue weighted by atomic mass is 9.81. The van der Waals surface area contributed by atoms with Gasteiger partial charge in [0.1, 0.15) is 0 Å². The molecule has 2 aliphatic rings. The van der Waals surface area contributed by atoms with Gasteiger partial charge >= 0.3 is 0 Å². The molecule has 1 amide bonds. The van der Waals surface area contributed by atoms with Gasteiger partial charge in [-0.25, -0.2) is 0 Å². The maximum atomic E-state index is 11.6. The van der Waals surface area contributed by atoms with Crippen LogP contribution in [0.5, 0.6) is 0 Å². The average Bonchev–Trinajstić information content (AvgIpc) is 2.35. The van der Waals surface area contributed by atoms with Crippen molar-refractivity contribution in [3.8, 4) is 0 Å². The topological polar surface area (TPSA) is 44.4 Å². The molecule has 0 radical (unpaired) electrons. The first-order valence-electron chi connectivity index (χ1n) is 7.44. The molecule has 2 aliphatic heterocycles. The fourth-order valence-electron chi connectivity index (χ4n) is 3.60.